The summed E-state index contributed by atoms with van der Waals surface area (Å²) in [6, 6.07) is 11.1. The molecule has 0 aliphatic heterocycles. The number of carboxylic acid groups (broad SMARTS) is 1. The summed E-state index contributed by atoms with van der Waals surface area (Å²) in [5.41, 5.74) is 3.83. The van der Waals surface area contributed by atoms with Gasteiger partial charge in [0.15, 0.2) is 0 Å². The smallest absolute Gasteiger partial charge is 0.335 e. The van der Waals surface area contributed by atoms with Crippen LogP contribution in [0.25, 0.3) is 0 Å². The predicted molar refractivity (Wildman–Crippen MR) is 120 cm³/mol. The second-order valence-electron chi connectivity index (χ2n) is 9.58. The lowest BCUT2D eigenvalue weighted by Gasteiger charge is -2.42. The van der Waals surface area contributed by atoms with Gasteiger partial charge in [0.1, 0.15) is 6.04 Å². The van der Waals surface area contributed by atoms with Crippen molar-refractivity contribution in [2.45, 2.75) is 64.3 Å². The highest BCUT2D eigenvalue weighted by atomic mass is 16.4. The number of nitrogens with one attached hydrogen (secondary N) is 2. The van der Waals surface area contributed by atoms with Crippen molar-refractivity contribution in [2.24, 2.45) is 0 Å². The molecule has 6 nitrogen and oxygen atoms in total. The Morgan fingerprint density at radius 1 is 0.903 bits per heavy atom. The third-order valence-corrected chi connectivity index (χ3v) is 6.22. The van der Waals surface area contributed by atoms with Crippen molar-refractivity contribution >= 4 is 23.5 Å². The largest absolute Gasteiger partial charge is 0.478 e. The lowest BCUT2D eigenvalue weighted by Crippen LogP contribution is -2.37. The Balaban J connectivity index is 1.94. The molecule has 0 bridgehead atoms. The van der Waals surface area contributed by atoms with Gasteiger partial charge in [0, 0.05) is 12.6 Å². The average Bonchev–Trinajstić information content (AvgIpc) is 2.69. The minimum Gasteiger partial charge on any atom is -0.478 e. The molecular formula is C25H30N2O4. The summed E-state index contributed by atoms with van der Waals surface area (Å²) in [7, 11) is 0. The summed E-state index contributed by atoms with van der Waals surface area (Å²) in [6.45, 7) is 10.3. The van der Waals surface area contributed by atoms with E-state index in [1.54, 1.807) is 0 Å². The summed E-state index contributed by atoms with van der Waals surface area (Å²) < 4.78 is 0. The molecule has 0 saturated heterocycles. The van der Waals surface area contributed by atoms with Crippen LogP contribution in [0.4, 0.5) is 5.69 Å². The molecule has 164 valence electrons. The summed E-state index contributed by atoms with van der Waals surface area (Å²) in [4.78, 5) is 36.0. The van der Waals surface area contributed by atoms with Crippen molar-refractivity contribution in [3.63, 3.8) is 0 Å². The monoisotopic (exact) mass is 422 g/mol. The number of hydrogen-bond donors (Lipinski definition) is 3. The van der Waals surface area contributed by atoms with Crippen LogP contribution in [0.3, 0.4) is 0 Å². The Morgan fingerprint density at radius 3 is 2.03 bits per heavy atom. The lowest BCUT2D eigenvalue weighted by atomic mass is 9.63. The summed E-state index contributed by atoms with van der Waals surface area (Å²) in [5.74, 6) is -1.72. The van der Waals surface area contributed by atoms with E-state index in [4.69, 9.17) is 5.11 Å². The highest BCUT2D eigenvalue weighted by Gasteiger charge is 2.37. The van der Waals surface area contributed by atoms with Gasteiger partial charge in [-0.2, -0.15) is 0 Å². The van der Waals surface area contributed by atoms with Crippen molar-refractivity contribution in [3.05, 3.63) is 64.7 Å². The maximum absolute atomic E-state index is 13.1. The van der Waals surface area contributed by atoms with Crippen LogP contribution < -0.4 is 10.6 Å². The Morgan fingerprint density at radius 2 is 1.48 bits per heavy atom. The Hall–Kier alpha value is -3.15. The van der Waals surface area contributed by atoms with Gasteiger partial charge in [0.25, 0.3) is 5.91 Å². The molecule has 3 N–H and O–H groups in total. The summed E-state index contributed by atoms with van der Waals surface area (Å²) in [5, 5.41) is 14.6. The number of fused-ring (bicyclic) bond motifs is 1. The number of carbonyl (C=O) groups excluding carboxylic acids is 2. The minimum atomic E-state index is -1.03. The standard InChI is InChI=1S/C25H30N2O4/c1-15(28)26-21(22(29)27-18-9-6-16(7-10-18)23(30)31)17-8-11-19-20(14-17)25(4,5)13-12-24(19,2)3/h6-11,14,21H,12-13H2,1-5H3,(H,26,28)(H,27,29)(H,30,31). The molecule has 1 aliphatic rings. The quantitative estimate of drug-likeness (QED) is 0.659. The van der Waals surface area contributed by atoms with E-state index >= 15 is 0 Å². The Bertz CT molecular complexity index is 1020. The molecule has 2 amide bonds. The molecule has 1 atom stereocenters. The maximum Gasteiger partial charge on any atom is 0.335 e. The van der Waals surface area contributed by atoms with Crippen LogP contribution >= 0.6 is 0 Å². The van der Waals surface area contributed by atoms with Crippen molar-refractivity contribution in [1.29, 1.82) is 0 Å². The average molecular weight is 423 g/mol. The number of aromatic carboxylic acids is 1. The molecule has 3 rings (SSSR count). The zero-order valence-electron chi connectivity index (χ0n) is 18.7. The number of carbonyl (C=O) groups is 3. The molecule has 6 heteroatoms. The third kappa shape index (κ3) is 4.79. The van der Waals surface area contributed by atoms with Crippen molar-refractivity contribution in [3.8, 4) is 0 Å². The molecule has 0 heterocycles. The lowest BCUT2D eigenvalue weighted by molar-refractivity contribution is -0.125. The van der Waals surface area contributed by atoms with Crippen LogP contribution in [-0.4, -0.2) is 22.9 Å². The minimum absolute atomic E-state index is 0.0230. The molecular weight excluding hydrogens is 392 g/mol. The first-order valence-corrected chi connectivity index (χ1v) is 10.5. The van der Waals surface area contributed by atoms with Gasteiger partial charge in [-0.05, 0) is 64.6 Å². The highest BCUT2D eigenvalue weighted by Crippen LogP contribution is 2.46. The van der Waals surface area contributed by atoms with Crippen molar-refractivity contribution < 1.29 is 19.5 Å². The van der Waals surface area contributed by atoms with E-state index in [0.717, 1.165) is 18.4 Å². The van der Waals surface area contributed by atoms with Gasteiger partial charge < -0.3 is 15.7 Å². The third-order valence-electron chi connectivity index (χ3n) is 6.22. The van der Waals surface area contributed by atoms with Crippen molar-refractivity contribution in [1.82, 2.24) is 5.32 Å². The molecule has 2 aromatic rings. The fourth-order valence-electron chi connectivity index (χ4n) is 4.20. The first-order chi connectivity index (χ1) is 14.4. The number of hydrogen-bond acceptors (Lipinski definition) is 3. The summed E-state index contributed by atoms with van der Waals surface area (Å²) in [6.07, 6.45) is 2.14. The second-order valence-corrected chi connectivity index (χ2v) is 9.58. The number of benzene rings is 2. The van der Waals surface area contributed by atoms with Gasteiger partial charge in [0.05, 0.1) is 5.56 Å². The highest BCUT2D eigenvalue weighted by molar-refractivity contribution is 5.98. The number of carboxylic acids is 1. The van der Waals surface area contributed by atoms with Gasteiger partial charge in [-0.15, -0.1) is 0 Å². The van der Waals surface area contributed by atoms with Crippen molar-refractivity contribution in [2.75, 3.05) is 5.32 Å². The molecule has 1 aliphatic carbocycles. The fraction of sp³-hybridized carbons (Fsp3) is 0.400. The second kappa shape index (κ2) is 8.17. The van der Waals surface area contributed by atoms with Crippen LogP contribution in [0.15, 0.2) is 42.5 Å². The van der Waals surface area contributed by atoms with Crippen LogP contribution in [0.1, 0.15) is 80.6 Å². The Labute approximate surface area is 183 Å². The number of amides is 2. The molecule has 0 spiro atoms. The maximum atomic E-state index is 13.1. The molecule has 0 fully saturated rings. The van der Waals surface area contributed by atoms with E-state index < -0.39 is 12.0 Å². The predicted octanol–water partition coefficient (Wildman–Crippen LogP) is 4.55. The van der Waals surface area contributed by atoms with E-state index in [2.05, 4.69) is 44.4 Å². The molecule has 1 unspecified atom stereocenters. The molecule has 0 radical (unpaired) electrons. The van der Waals surface area contributed by atoms with Gasteiger partial charge in [-0.25, -0.2) is 4.79 Å². The van der Waals surface area contributed by atoms with Crippen LogP contribution in [0, 0.1) is 0 Å². The van der Waals surface area contributed by atoms with E-state index in [1.165, 1.54) is 42.3 Å². The van der Waals surface area contributed by atoms with Crippen LogP contribution in [-0.2, 0) is 20.4 Å². The zero-order chi connectivity index (χ0) is 23.0. The number of rotatable bonds is 5. The normalized spacial score (nSPS) is 17.2. The van der Waals surface area contributed by atoms with Crippen LogP contribution in [0.2, 0.25) is 0 Å². The van der Waals surface area contributed by atoms with E-state index in [-0.39, 0.29) is 28.2 Å². The van der Waals surface area contributed by atoms with E-state index in [0.29, 0.717) is 5.69 Å². The van der Waals surface area contributed by atoms with E-state index in [9.17, 15) is 14.4 Å². The molecule has 2 aromatic carbocycles. The van der Waals surface area contributed by atoms with Gasteiger partial charge in [-0.3, -0.25) is 9.59 Å². The van der Waals surface area contributed by atoms with Gasteiger partial charge in [-0.1, -0.05) is 45.9 Å². The molecule has 0 saturated carbocycles. The SMILES string of the molecule is CC(=O)NC(C(=O)Nc1ccc(C(=O)O)cc1)c1ccc2c(c1)C(C)(C)CCC2(C)C. The van der Waals surface area contributed by atoms with Gasteiger partial charge in [0.2, 0.25) is 5.91 Å². The summed E-state index contributed by atoms with van der Waals surface area (Å²) >= 11 is 0. The fourth-order valence-corrected chi connectivity index (χ4v) is 4.20. The van der Waals surface area contributed by atoms with E-state index in [1.807, 2.05) is 12.1 Å². The Kier molecular flexibility index (Phi) is 5.94. The first kappa shape index (κ1) is 22.5. The topological polar surface area (TPSA) is 95.5 Å². The number of anilines is 1. The van der Waals surface area contributed by atoms with Crippen LogP contribution in [0.5, 0.6) is 0 Å². The molecule has 0 aromatic heterocycles. The zero-order valence-corrected chi connectivity index (χ0v) is 18.7. The molecule has 31 heavy (non-hydrogen) atoms. The van der Waals surface area contributed by atoms with Gasteiger partial charge >= 0.3 is 5.97 Å². The first-order valence-electron chi connectivity index (χ1n) is 10.5.